The third-order valence-corrected chi connectivity index (χ3v) is 3.41. The van der Waals surface area contributed by atoms with Gasteiger partial charge in [-0.25, -0.2) is 0 Å². The first-order valence-electron chi connectivity index (χ1n) is 6.00. The highest BCUT2D eigenvalue weighted by molar-refractivity contribution is 7.07. The van der Waals surface area contributed by atoms with Crippen molar-refractivity contribution in [2.24, 2.45) is 5.92 Å². The SMILES string of the molecule is CC(O)CC(C)CNC(C)Cc1ccsc1. The van der Waals surface area contributed by atoms with E-state index >= 15 is 0 Å². The second-order valence-corrected chi connectivity index (χ2v) is 5.61. The number of hydrogen-bond donors (Lipinski definition) is 2. The van der Waals surface area contributed by atoms with Gasteiger partial charge in [0.2, 0.25) is 0 Å². The van der Waals surface area contributed by atoms with Gasteiger partial charge in [0, 0.05) is 6.04 Å². The standard InChI is InChI=1S/C13H23NOS/c1-10(6-12(3)15)8-14-11(2)7-13-4-5-16-9-13/h4-5,9-12,14-15H,6-8H2,1-3H3. The molecule has 1 heterocycles. The average molecular weight is 241 g/mol. The molecule has 3 atom stereocenters. The Hall–Kier alpha value is -0.380. The maximum Gasteiger partial charge on any atom is 0.0515 e. The van der Waals surface area contributed by atoms with Crippen molar-refractivity contribution in [3.63, 3.8) is 0 Å². The Balaban J connectivity index is 2.17. The van der Waals surface area contributed by atoms with Crippen LogP contribution in [0.3, 0.4) is 0 Å². The van der Waals surface area contributed by atoms with E-state index in [-0.39, 0.29) is 6.10 Å². The van der Waals surface area contributed by atoms with Crippen molar-refractivity contribution in [2.45, 2.75) is 45.8 Å². The lowest BCUT2D eigenvalue weighted by Crippen LogP contribution is -2.32. The monoisotopic (exact) mass is 241 g/mol. The molecule has 0 spiro atoms. The smallest absolute Gasteiger partial charge is 0.0515 e. The van der Waals surface area contributed by atoms with E-state index in [0.29, 0.717) is 12.0 Å². The summed E-state index contributed by atoms with van der Waals surface area (Å²) in [5, 5.41) is 17.1. The quantitative estimate of drug-likeness (QED) is 0.769. The lowest BCUT2D eigenvalue weighted by atomic mass is 10.0. The third-order valence-electron chi connectivity index (χ3n) is 2.68. The molecule has 3 heteroatoms. The fraction of sp³-hybridized carbons (Fsp3) is 0.692. The number of thiophene rings is 1. The Morgan fingerprint density at radius 3 is 2.69 bits per heavy atom. The second kappa shape index (κ2) is 7.05. The van der Waals surface area contributed by atoms with Gasteiger partial charge in [-0.3, -0.25) is 0 Å². The molecular weight excluding hydrogens is 218 g/mol. The summed E-state index contributed by atoms with van der Waals surface area (Å²) in [6, 6.07) is 2.69. The molecule has 0 saturated carbocycles. The van der Waals surface area contributed by atoms with E-state index in [0.717, 1.165) is 19.4 Å². The third kappa shape index (κ3) is 5.64. The minimum Gasteiger partial charge on any atom is -0.393 e. The molecule has 0 aliphatic heterocycles. The molecule has 2 N–H and O–H groups in total. The van der Waals surface area contributed by atoms with Crippen LogP contribution < -0.4 is 5.32 Å². The Labute approximate surface area is 103 Å². The van der Waals surface area contributed by atoms with Crippen LogP contribution in [0.15, 0.2) is 16.8 Å². The van der Waals surface area contributed by atoms with Gasteiger partial charge >= 0.3 is 0 Å². The molecule has 0 bridgehead atoms. The number of nitrogens with one attached hydrogen (secondary N) is 1. The summed E-state index contributed by atoms with van der Waals surface area (Å²) in [6.07, 6.45) is 1.77. The molecule has 0 aliphatic rings. The van der Waals surface area contributed by atoms with E-state index < -0.39 is 0 Å². The van der Waals surface area contributed by atoms with E-state index in [2.05, 4.69) is 36.0 Å². The van der Waals surface area contributed by atoms with Gasteiger partial charge in [-0.1, -0.05) is 6.92 Å². The molecule has 0 radical (unpaired) electrons. The number of hydrogen-bond acceptors (Lipinski definition) is 3. The lowest BCUT2D eigenvalue weighted by Gasteiger charge is -2.18. The van der Waals surface area contributed by atoms with Gasteiger partial charge in [-0.05, 0) is 61.5 Å². The zero-order chi connectivity index (χ0) is 12.0. The summed E-state index contributed by atoms with van der Waals surface area (Å²) >= 11 is 1.75. The Morgan fingerprint density at radius 2 is 2.12 bits per heavy atom. The molecule has 92 valence electrons. The molecule has 16 heavy (non-hydrogen) atoms. The van der Waals surface area contributed by atoms with Gasteiger partial charge in [-0.2, -0.15) is 11.3 Å². The van der Waals surface area contributed by atoms with Gasteiger partial charge < -0.3 is 10.4 Å². The highest BCUT2D eigenvalue weighted by Gasteiger charge is 2.08. The number of rotatable bonds is 7. The largest absolute Gasteiger partial charge is 0.393 e. The molecule has 1 aromatic heterocycles. The highest BCUT2D eigenvalue weighted by atomic mass is 32.1. The zero-order valence-corrected chi connectivity index (χ0v) is 11.3. The molecule has 0 saturated heterocycles. The van der Waals surface area contributed by atoms with Crippen LogP contribution in [-0.2, 0) is 6.42 Å². The molecule has 1 rings (SSSR count). The van der Waals surface area contributed by atoms with Crippen molar-refractivity contribution in [2.75, 3.05) is 6.54 Å². The molecular formula is C13H23NOS. The summed E-state index contributed by atoms with van der Waals surface area (Å²) < 4.78 is 0. The topological polar surface area (TPSA) is 32.3 Å². The van der Waals surface area contributed by atoms with Crippen molar-refractivity contribution in [1.82, 2.24) is 5.32 Å². The maximum absolute atomic E-state index is 9.27. The van der Waals surface area contributed by atoms with Crippen LogP contribution in [0.2, 0.25) is 0 Å². The minimum absolute atomic E-state index is 0.191. The van der Waals surface area contributed by atoms with E-state index in [1.54, 1.807) is 11.3 Å². The van der Waals surface area contributed by atoms with E-state index in [9.17, 15) is 5.11 Å². The van der Waals surface area contributed by atoms with Gasteiger partial charge in [0.25, 0.3) is 0 Å². The van der Waals surface area contributed by atoms with Crippen LogP contribution in [0.5, 0.6) is 0 Å². The first-order valence-corrected chi connectivity index (χ1v) is 6.94. The van der Waals surface area contributed by atoms with Gasteiger partial charge in [0.05, 0.1) is 6.10 Å². The molecule has 0 aliphatic carbocycles. The van der Waals surface area contributed by atoms with E-state index in [4.69, 9.17) is 0 Å². The first kappa shape index (κ1) is 13.7. The minimum atomic E-state index is -0.191. The molecule has 2 nitrogen and oxygen atoms in total. The van der Waals surface area contributed by atoms with E-state index in [1.807, 2.05) is 6.92 Å². The second-order valence-electron chi connectivity index (χ2n) is 4.83. The normalized spacial score (nSPS) is 17.0. The Morgan fingerprint density at radius 1 is 1.38 bits per heavy atom. The molecule has 0 aromatic carbocycles. The predicted octanol–water partition coefficient (Wildman–Crippen LogP) is 2.68. The van der Waals surface area contributed by atoms with Crippen LogP contribution in [-0.4, -0.2) is 23.8 Å². The van der Waals surface area contributed by atoms with Crippen LogP contribution in [0.4, 0.5) is 0 Å². The van der Waals surface area contributed by atoms with Crippen molar-refractivity contribution in [3.8, 4) is 0 Å². The average Bonchev–Trinajstić information content (AvgIpc) is 2.66. The Bertz CT molecular complexity index is 271. The summed E-state index contributed by atoms with van der Waals surface area (Å²) in [4.78, 5) is 0. The molecule has 3 unspecified atom stereocenters. The van der Waals surface area contributed by atoms with Crippen LogP contribution in [0, 0.1) is 5.92 Å². The predicted molar refractivity (Wildman–Crippen MR) is 70.9 cm³/mol. The summed E-state index contributed by atoms with van der Waals surface area (Å²) in [5.74, 6) is 0.532. The fourth-order valence-electron chi connectivity index (χ4n) is 1.90. The zero-order valence-electron chi connectivity index (χ0n) is 10.4. The molecule has 0 fully saturated rings. The highest BCUT2D eigenvalue weighted by Crippen LogP contribution is 2.09. The van der Waals surface area contributed by atoms with Crippen molar-refractivity contribution in [1.29, 1.82) is 0 Å². The van der Waals surface area contributed by atoms with Gasteiger partial charge in [0.15, 0.2) is 0 Å². The maximum atomic E-state index is 9.27. The lowest BCUT2D eigenvalue weighted by molar-refractivity contribution is 0.162. The fourth-order valence-corrected chi connectivity index (χ4v) is 2.58. The number of aliphatic hydroxyl groups is 1. The van der Waals surface area contributed by atoms with Crippen LogP contribution >= 0.6 is 11.3 Å². The van der Waals surface area contributed by atoms with Gasteiger partial charge in [0.1, 0.15) is 0 Å². The van der Waals surface area contributed by atoms with Crippen molar-refractivity contribution < 1.29 is 5.11 Å². The molecule has 1 aromatic rings. The van der Waals surface area contributed by atoms with Gasteiger partial charge in [-0.15, -0.1) is 0 Å². The Kier molecular flexibility index (Phi) is 6.03. The summed E-state index contributed by atoms with van der Waals surface area (Å²) in [6.45, 7) is 7.23. The first-order chi connectivity index (χ1) is 7.58. The van der Waals surface area contributed by atoms with Crippen molar-refractivity contribution in [3.05, 3.63) is 22.4 Å². The van der Waals surface area contributed by atoms with E-state index in [1.165, 1.54) is 5.56 Å². The van der Waals surface area contributed by atoms with Crippen LogP contribution in [0.1, 0.15) is 32.8 Å². The summed E-state index contributed by atoms with van der Waals surface area (Å²) in [5.41, 5.74) is 1.41. The summed E-state index contributed by atoms with van der Waals surface area (Å²) in [7, 11) is 0. The number of aliphatic hydroxyl groups excluding tert-OH is 1. The van der Waals surface area contributed by atoms with Crippen LogP contribution in [0.25, 0.3) is 0 Å². The van der Waals surface area contributed by atoms with Crippen molar-refractivity contribution >= 4 is 11.3 Å². The molecule has 0 amide bonds.